The van der Waals surface area contributed by atoms with E-state index in [9.17, 15) is 13.2 Å². The highest BCUT2D eigenvalue weighted by atomic mass is 32.2. The molecule has 0 saturated carbocycles. The Morgan fingerprint density at radius 3 is 2.38 bits per heavy atom. The van der Waals surface area contributed by atoms with E-state index < -0.39 is 9.84 Å². The number of hydrogen-bond donors (Lipinski definition) is 2. The fourth-order valence-electron chi connectivity index (χ4n) is 1.98. The molecule has 0 unspecified atom stereocenters. The molecule has 0 aliphatic heterocycles. The third-order valence-electron chi connectivity index (χ3n) is 3.33. The molecule has 0 aliphatic rings. The highest BCUT2D eigenvalue weighted by Crippen LogP contribution is 2.17. The molecule has 0 heterocycles. The van der Waals surface area contributed by atoms with Crippen LogP contribution in [0.3, 0.4) is 0 Å². The van der Waals surface area contributed by atoms with Gasteiger partial charge in [-0.15, -0.1) is 4.33 Å². The van der Waals surface area contributed by atoms with E-state index in [0.717, 1.165) is 5.56 Å². The lowest BCUT2D eigenvalue weighted by molar-refractivity contribution is -0.434. The summed E-state index contributed by atoms with van der Waals surface area (Å²) in [7, 11) is -3.56. The first-order valence-corrected chi connectivity index (χ1v) is 9.71. The number of nitrogens with one attached hydrogen (secondary N) is 1. The average Bonchev–Trinajstić information content (AvgIpc) is 2.62. The number of benzene rings is 2. The van der Waals surface area contributed by atoms with Crippen molar-refractivity contribution in [1.29, 1.82) is 0 Å². The molecule has 0 radical (unpaired) electrons. The molecule has 0 fully saturated rings. The van der Waals surface area contributed by atoms with Gasteiger partial charge in [0.15, 0.2) is 22.2 Å². The molecule has 2 N–H and O–H groups in total. The number of amides is 1. The van der Waals surface area contributed by atoms with E-state index in [1.54, 1.807) is 12.1 Å². The van der Waals surface area contributed by atoms with E-state index >= 15 is 0 Å². The lowest BCUT2D eigenvalue weighted by Crippen LogP contribution is -2.13. The Morgan fingerprint density at radius 2 is 1.77 bits per heavy atom. The summed E-state index contributed by atoms with van der Waals surface area (Å²) in [6.07, 6.45) is 0. The molecule has 140 valence electrons. The van der Waals surface area contributed by atoms with Gasteiger partial charge in [-0.2, -0.15) is 0 Å². The maximum Gasteiger partial charge on any atom is 0.255 e. The van der Waals surface area contributed by atoms with Crippen molar-refractivity contribution in [3.63, 3.8) is 0 Å². The van der Waals surface area contributed by atoms with Crippen LogP contribution in [0.15, 0.2) is 53.4 Å². The Balaban J connectivity index is 1.94. The first-order valence-electron chi connectivity index (χ1n) is 7.39. The molecule has 0 bridgehead atoms. The molecular formula is C16H17NO7S2. The number of carbonyl (C=O) groups is 1. The van der Waals surface area contributed by atoms with Gasteiger partial charge >= 0.3 is 0 Å². The van der Waals surface area contributed by atoms with Crippen molar-refractivity contribution in [3.05, 3.63) is 59.7 Å². The molecule has 0 saturated heterocycles. The Hall–Kier alpha value is -1.95. The fraction of sp³-hybridized carbons (Fsp3) is 0.188. The molecule has 0 spiro atoms. The summed E-state index contributed by atoms with van der Waals surface area (Å²) in [4.78, 5) is 12.2. The summed E-state index contributed by atoms with van der Waals surface area (Å²) >= 11 is 0.313. The van der Waals surface area contributed by atoms with Crippen LogP contribution in [0.5, 0.6) is 0 Å². The average molecular weight is 399 g/mol. The van der Waals surface area contributed by atoms with Crippen LogP contribution in [-0.4, -0.2) is 31.9 Å². The molecular weight excluding hydrogens is 382 g/mol. The van der Waals surface area contributed by atoms with Gasteiger partial charge in [0.2, 0.25) is 0 Å². The molecule has 1 amide bonds. The summed E-state index contributed by atoms with van der Waals surface area (Å²) in [5.74, 6) is -0.568. The maximum atomic E-state index is 12.2. The number of hydrogen-bond acceptors (Lipinski definition) is 8. The standard InChI is InChI=1S/C16H17NO7S2/c1-12-2-4-13(5-3-12)16(18)17-14-6-8-15(9-7-14)26(20,21)11-10-22-25-24-23-19/h2-9,19H,10-11H2,1H3,(H,17,18). The second-order valence-electron chi connectivity index (χ2n) is 5.20. The molecule has 2 aromatic rings. The van der Waals surface area contributed by atoms with Crippen LogP contribution in [-0.2, 0) is 23.4 Å². The summed E-state index contributed by atoms with van der Waals surface area (Å²) in [5.41, 5.74) is 2.04. The predicted molar refractivity (Wildman–Crippen MR) is 96.0 cm³/mol. The number of rotatable bonds is 9. The van der Waals surface area contributed by atoms with Gasteiger partial charge < -0.3 is 5.32 Å². The second-order valence-corrected chi connectivity index (χ2v) is 7.81. The van der Waals surface area contributed by atoms with Crippen molar-refractivity contribution in [3.8, 4) is 0 Å². The molecule has 8 nitrogen and oxygen atoms in total. The molecule has 10 heteroatoms. The van der Waals surface area contributed by atoms with Gasteiger partial charge in [0.1, 0.15) is 0 Å². The van der Waals surface area contributed by atoms with Gasteiger partial charge in [0.25, 0.3) is 5.91 Å². The largest absolute Gasteiger partial charge is 0.322 e. The van der Waals surface area contributed by atoms with Gasteiger partial charge in [-0.05, 0) is 43.3 Å². The van der Waals surface area contributed by atoms with Gasteiger partial charge in [-0.1, -0.05) is 22.7 Å². The summed E-state index contributed by atoms with van der Waals surface area (Å²) in [5, 5.41) is 13.9. The van der Waals surface area contributed by atoms with E-state index in [2.05, 4.69) is 14.7 Å². The minimum Gasteiger partial charge on any atom is -0.322 e. The summed E-state index contributed by atoms with van der Waals surface area (Å²) in [6, 6.07) is 12.9. The molecule has 0 atom stereocenters. The van der Waals surface area contributed by atoms with Crippen molar-refractivity contribution >= 4 is 33.8 Å². The minimum absolute atomic E-state index is 0.0961. The van der Waals surface area contributed by atoms with Crippen molar-refractivity contribution in [2.45, 2.75) is 11.8 Å². The van der Waals surface area contributed by atoms with Gasteiger partial charge in [0, 0.05) is 11.3 Å². The Bertz CT molecular complexity index is 821. The highest BCUT2D eigenvalue weighted by molar-refractivity contribution is 7.91. The van der Waals surface area contributed by atoms with E-state index in [0.29, 0.717) is 23.6 Å². The van der Waals surface area contributed by atoms with Crippen LogP contribution in [0.2, 0.25) is 0 Å². The number of carbonyl (C=O) groups excluding carboxylic acids is 1. The Labute approximate surface area is 155 Å². The normalized spacial score (nSPS) is 11.3. The molecule has 0 aromatic heterocycles. The second kappa shape index (κ2) is 9.67. The maximum absolute atomic E-state index is 12.2. The first kappa shape index (κ1) is 20.4. The van der Waals surface area contributed by atoms with Gasteiger partial charge in [-0.3, -0.25) is 8.98 Å². The van der Waals surface area contributed by atoms with Crippen LogP contribution in [0, 0.1) is 6.92 Å². The van der Waals surface area contributed by atoms with Gasteiger partial charge in [-0.25, -0.2) is 13.7 Å². The third-order valence-corrected chi connectivity index (χ3v) is 5.40. The molecule has 2 rings (SSSR count). The fourth-order valence-corrected chi connectivity index (χ4v) is 3.39. The SMILES string of the molecule is Cc1ccc(C(=O)Nc2ccc(S(=O)(=O)CCOSOOO)cc2)cc1. The van der Waals surface area contributed by atoms with E-state index in [1.807, 2.05) is 19.1 Å². The van der Waals surface area contributed by atoms with Crippen molar-refractivity contribution in [2.24, 2.45) is 0 Å². The van der Waals surface area contributed by atoms with E-state index in [4.69, 9.17) is 9.44 Å². The molecule has 0 aliphatic carbocycles. The van der Waals surface area contributed by atoms with Crippen molar-refractivity contribution < 1.29 is 32.0 Å². The number of aryl methyl sites for hydroxylation is 1. The van der Waals surface area contributed by atoms with E-state index in [1.165, 1.54) is 24.3 Å². The lowest BCUT2D eigenvalue weighted by Gasteiger charge is -2.08. The first-order chi connectivity index (χ1) is 12.4. The van der Waals surface area contributed by atoms with Crippen LogP contribution in [0.4, 0.5) is 5.69 Å². The monoisotopic (exact) mass is 399 g/mol. The van der Waals surface area contributed by atoms with Crippen molar-refractivity contribution in [2.75, 3.05) is 17.7 Å². The van der Waals surface area contributed by atoms with Crippen molar-refractivity contribution in [1.82, 2.24) is 0 Å². The van der Waals surface area contributed by atoms with Crippen LogP contribution < -0.4 is 5.32 Å². The molecule has 26 heavy (non-hydrogen) atoms. The number of sulfone groups is 1. The summed E-state index contributed by atoms with van der Waals surface area (Å²) < 4.78 is 33.0. The smallest absolute Gasteiger partial charge is 0.255 e. The predicted octanol–water partition coefficient (Wildman–Crippen LogP) is 3.02. The highest BCUT2D eigenvalue weighted by Gasteiger charge is 2.15. The minimum atomic E-state index is -3.56. The quantitative estimate of drug-likeness (QED) is 0.286. The Kier molecular flexibility index (Phi) is 7.57. The zero-order chi connectivity index (χ0) is 19.0. The number of anilines is 1. The summed E-state index contributed by atoms with van der Waals surface area (Å²) in [6.45, 7) is 1.76. The van der Waals surface area contributed by atoms with E-state index in [-0.39, 0.29) is 23.2 Å². The topological polar surface area (TPSA) is 111 Å². The van der Waals surface area contributed by atoms with Crippen LogP contribution in [0.1, 0.15) is 15.9 Å². The zero-order valence-electron chi connectivity index (χ0n) is 13.7. The Morgan fingerprint density at radius 1 is 1.12 bits per heavy atom. The zero-order valence-corrected chi connectivity index (χ0v) is 15.4. The van der Waals surface area contributed by atoms with Crippen LogP contribution >= 0.6 is 12.3 Å². The lowest BCUT2D eigenvalue weighted by atomic mass is 10.1. The van der Waals surface area contributed by atoms with Gasteiger partial charge in [0.05, 0.1) is 17.3 Å². The van der Waals surface area contributed by atoms with Crippen LogP contribution in [0.25, 0.3) is 0 Å². The molecule has 2 aromatic carbocycles. The third kappa shape index (κ3) is 6.09.